The number of hydrogen-bond donors (Lipinski definition) is 3. The summed E-state index contributed by atoms with van der Waals surface area (Å²) in [6.07, 6.45) is 7.37. The second kappa shape index (κ2) is 8.68. The first-order chi connectivity index (χ1) is 14.4. The van der Waals surface area contributed by atoms with Crippen molar-refractivity contribution in [2.24, 2.45) is 11.0 Å². The molecule has 4 rings (SSSR count). The summed E-state index contributed by atoms with van der Waals surface area (Å²) in [5.74, 6) is 1.63. The molecular weight excluding hydrogens is 376 g/mol. The molecule has 1 amide bonds. The van der Waals surface area contributed by atoms with Gasteiger partial charge in [0.05, 0.1) is 12.1 Å². The fourth-order valence-electron chi connectivity index (χ4n) is 4.32. The predicted molar refractivity (Wildman–Crippen MR) is 119 cm³/mol. The van der Waals surface area contributed by atoms with Crippen molar-refractivity contribution in [3.8, 4) is 0 Å². The maximum absolute atomic E-state index is 12.1. The van der Waals surface area contributed by atoms with Gasteiger partial charge in [-0.1, -0.05) is 32.0 Å². The van der Waals surface area contributed by atoms with Crippen LogP contribution in [-0.4, -0.2) is 40.4 Å². The zero-order valence-corrected chi connectivity index (χ0v) is 18.5. The Kier molecular flexibility index (Phi) is 5.99. The normalized spacial score (nSPS) is 24.6. The summed E-state index contributed by atoms with van der Waals surface area (Å²) in [5, 5.41) is 9.76. The summed E-state index contributed by atoms with van der Waals surface area (Å²) < 4.78 is 0. The summed E-state index contributed by atoms with van der Waals surface area (Å²) >= 11 is 0. The second-order valence-corrected chi connectivity index (χ2v) is 9.08. The van der Waals surface area contributed by atoms with Gasteiger partial charge in [-0.2, -0.15) is 5.10 Å². The lowest BCUT2D eigenvalue weighted by molar-refractivity contribution is -0.121. The van der Waals surface area contributed by atoms with Crippen molar-refractivity contribution >= 4 is 11.7 Å². The molecule has 1 aromatic rings. The minimum absolute atomic E-state index is 0.0954. The van der Waals surface area contributed by atoms with Gasteiger partial charge >= 0.3 is 0 Å². The lowest BCUT2D eigenvalue weighted by Crippen LogP contribution is -2.54. The summed E-state index contributed by atoms with van der Waals surface area (Å²) in [4.78, 5) is 14.3. The molecular formula is C23H34N6O. The van der Waals surface area contributed by atoms with Crippen LogP contribution < -0.4 is 16.2 Å². The highest BCUT2D eigenvalue weighted by atomic mass is 16.1. The highest BCUT2D eigenvalue weighted by molar-refractivity contribution is 5.89. The van der Waals surface area contributed by atoms with Gasteiger partial charge < -0.3 is 15.2 Å². The molecule has 0 saturated carbocycles. The van der Waals surface area contributed by atoms with Gasteiger partial charge in [-0.25, -0.2) is 5.43 Å². The summed E-state index contributed by atoms with van der Waals surface area (Å²) in [7, 11) is 0. The maximum Gasteiger partial charge on any atom is 0.220 e. The Hall–Kier alpha value is -2.54. The van der Waals surface area contributed by atoms with Crippen molar-refractivity contribution < 1.29 is 4.79 Å². The zero-order chi connectivity index (χ0) is 21.3. The van der Waals surface area contributed by atoms with Gasteiger partial charge in [-0.3, -0.25) is 10.2 Å². The molecule has 0 radical (unpaired) electrons. The van der Waals surface area contributed by atoms with Crippen molar-refractivity contribution in [1.82, 2.24) is 26.1 Å². The molecule has 1 aromatic carbocycles. The molecule has 0 bridgehead atoms. The van der Waals surface area contributed by atoms with E-state index in [1.54, 1.807) is 0 Å². The lowest BCUT2D eigenvalue weighted by atomic mass is 9.97. The van der Waals surface area contributed by atoms with E-state index in [9.17, 15) is 4.79 Å². The average molecular weight is 411 g/mol. The molecule has 162 valence electrons. The fourth-order valence-corrected chi connectivity index (χ4v) is 4.32. The number of hydrogen-bond acceptors (Lipinski definition) is 6. The van der Waals surface area contributed by atoms with E-state index in [0.29, 0.717) is 18.8 Å². The number of hydrazine groups is 1. The van der Waals surface area contributed by atoms with Crippen LogP contribution in [0.4, 0.5) is 0 Å². The Labute approximate surface area is 179 Å². The molecule has 1 saturated heterocycles. The summed E-state index contributed by atoms with van der Waals surface area (Å²) in [6, 6.07) is 7.28. The molecule has 7 heteroatoms. The molecule has 3 aliphatic heterocycles. The van der Waals surface area contributed by atoms with Crippen LogP contribution in [-0.2, 0) is 4.79 Å². The van der Waals surface area contributed by atoms with E-state index in [4.69, 9.17) is 0 Å². The lowest BCUT2D eigenvalue weighted by Gasteiger charge is -2.37. The topological polar surface area (TPSA) is 72.0 Å². The number of carbonyl (C=O) groups is 1. The first kappa shape index (κ1) is 20.7. The van der Waals surface area contributed by atoms with Gasteiger partial charge in [-0.05, 0) is 49.3 Å². The first-order valence-corrected chi connectivity index (χ1v) is 11.1. The van der Waals surface area contributed by atoms with E-state index in [1.165, 1.54) is 16.7 Å². The third kappa shape index (κ3) is 4.31. The van der Waals surface area contributed by atoms with Gasteiger partial charge in [-0.15, -0.1) is 0 Å². The fraction of sp³-hybridized carbons (Fsp3) is 0.565. The van der Waals surface area contributed by atoms with Crippen molar-refractivity contribution in [2.45, 2.75) is 71.6 Å². The summed E-state index contributed by atoms with van der Waals surface area (Å²) in [5.41, 5.74) is 10.9. The second-order valence-electron chi connectivity index (χ2n) is 9.08. The van der Waals surface area contributed by atoms with Gasteiger partial charge in [0.1, 0.15) is 12.0 Å². The van der Waals surface area contributed by atoms with E-state index in [1.807, 2.05) is 0 Å². The average Bonchev–Trinajstić information content (AvgIpc) is 3.31. The van der Waals surface area contributed by atoms with Crippen LogP contribution in [0.5, 0.6) is 0 Å². The number of benzene rings is 1. The molecule has 3 aliphatic rings. The molecule has 1 fully saturated rings. The Bertz CT molecular complexity index is 848. The molecule has 3 heterocycles. The van der Waals surface area contributed by atoms with Crippen LogP contribution in [0.3, 0.4) is 0 Å². The molecule has 0 aliphatic carbocycles. The van der Waals surface area contributed by atoms with Crippen LogP contribution >= 0.6 is 0 Å². The summed E-state index contributed by atoms with van der Waals surface area (Å²) in [6.45, 7) is 9.40. The Morgan fingerprint density at radius 1 is 1.27 bits per heavy atom. The number of aryl methyl sites for hydroxylation is 2. The Balaban J connectivity index is 1.32. The largest absolute Gasteiger partial charge is 0.356 e. The van der Waals surface area contributed by atoms with Crippen LogP contribution in [0.1, 0.15) is 62.3 Å². The first-order valence-electron chi connectivity index (χ1n) is 11.1. The number of fused-ring (bicyclic) bond motifs is 3. The molecule has 3 atom stereocenters. The Morgan fingerprint density at radius 2 is 2.10 bits per heavy atom. The van der Waals surface area contributed by atoms with E-state index >= 15 is 0 Å². The highest BCUT2D eigenvalue weighted by Crippen LogP contribution is 2.34. The smallest absolute Gasteiger partial charge is 0.220 e. The highest BCUT2D eigenvalue weighted by Gasteiger charge is 2.44. The Morgan fingerprint density at radius 3 is 2.87 bits per heavy atom. The van der Waals surface area contributed by atoms with Crippen LogP contribution in [0.25, 0.3) is 0 Å². The van der Waals surface area contributed by atoms with E-state index in [-0.39, 0.29) is 24.2 Å². The molecule has 0 aromatic heterocycles. The van der Waals surface area contributed by atoms with E-state index in [0.717, 1.165) is 25.2 Å². The van der Waals surface area contributed by atoms with Gasteiger partial charge in [0.2, 0.25) is 5.91 Å². The van der Waals surface area contributed by atoms with E-state index in [2.05, 4.69) is 89.5 Å². The van der Waals surface area contributed by atoms with Crippen molar-refractivity contribution in [2.75, 3.05) is 6.54 Å². The monoisotopic (exact) mass is 410 g/mol. The van der Waals surface area contributed by atoms with Crippen LogP contribution in [0.2, 0.25) is 0 Å². The number of nitrogens with zero attached hydrogens (tertiary/aromatic N) is 3. The molecule has 3 unspecified atom stereocenters. The predicted octanol–water partition coefficient (Wildman–Crippen LogP) is 2.90. The SMILES string of the molecule is Cc1ccc(C2CC3C4NN=C(CCC(=O)NCCC(C)C)N4C=CN3N2)cc1C. The minimum atomic E-state index is 0.0954. The minimum Gasteiger partial charge on any atom is -0.356 e. The standard InChI is InChI=1S/C23H34N6O/c1-15(2)9-10-24-22(30)8-7-21-25-26-23-20-14-19(27-29(20)12-11-28(21)23)18-6-5-16(3)17(4)13-18/h5-6,11-13,15,19-20,23,26-27H,7-10,14H2,1-4H3,(H,24,30). The van der Waals surface area contributed by atoms with Crippen molar-refractivity contribution in [1.29, 1.82) is 0 Å². The quantitative estimate of drug-likeness (QED) is 0.645. The molecule has 7 nitrogen and oxygen atoms in total. The van der Waals surface area contributed by atoms with E-state index < -0.39 is 0 Å². The van der Waals surface area contributed by atoms with Gasteiger partial charge in [0, 0.05) is 31.8 Å². The van der Waals surface area contributed by atoms with Crippen LogP contribution in [0.15, 0.2) is 35.7 Å². The van der Waals surface area contributed by atoms with Gasteiger partial charge in [0.25, 0.3) is 0 Å². The number of carbonyl (C=O) groups excluding carboxylic acids is 1. The number of nitrogens with one attached hydrogen (secondary N) is 3. The van der Waals surface area contributed by atoms with Gasteiger partial charge in [0.15, 0.2) is 0 Å². The maximum atomic E-state index is 12.1. The number of rotatable bonds is 7. The molecule has 3 N–H and O–H groups in total. The zero-order valence-electron chi connectivity index (χ0n) is 18.5. The van der Waals surface area contributed by atoms with Crippen molar-refractivity contribution in [3.63, 3.8) is 0 Å². The molecule has 0 spiro atoms. The van der Waals surface area contributed by atoms with Crippen LogP contribution in [0, 0.1) is 19.8 Å². The third-order valence-electron chi connectivity index (χ3n) is 6.37. The number of amidine groups is 1. The number of amides is 1. The number of hydrazone groups is 1. The van der Waals surface area contributed by atoms with Crippen molar-refractivity contribution in [3.05, 3.63) is 47.3 Å². The third-order valence-corrected chi connectivity index (χ3v) is 6.37. The molecule has 30 heavy (non-hydrogen) atoms.